The van der Waals surface area contributed by atoms with Crippen molar-refractivity contribution >= 4 is 5.78 Å². The van der Waals surface area contributed by atoms with Crippen molar-refractivity contribution in [2.75, 3.05) is 26.2 Å². The van der Waals surface area contributed by atoms with Crippen molar-refractivity contribution in [1.82, 2.24) is 4.90 Å². The maximum absolute atomic E-state index is 13.5. The van der Waals surface area contributed by atoms with Gasteiger partial charge in [0.2, 0.25) is 0 Å². The molecule has 0 amide bonds. The molecule has 0 spiro atoms. The van der Waals surface area contributed by atoms with Crippen molar-refractivity contribution in [3.8, 4) is 0 Å². The number of ether oxygens (including phenoxy) is 1. The van der Waals surface area contributed by atoms with Crippen molar-refractivity contribution in [3.05, 3.63) is 35.6 Å². The van der Waals surface area contributed by atoms with E-state index in [0.29, 0.717) is 6.61 Å². The van der Waals surface area contributed by atoms with Crippen LogP contribution in [0.3, 0.4) is 0 Å². The minimum atomic E-state index is -0.439. The lowest BCUT2D eigenvalue weighted by molar-refractivity contribution is 0.00715. The van der Waals surface area contributed by atoms with E-state index >= 15 is 0 Å². The van der Waals surface area contributed by atoms with Crippen LogP contribution in [0.5, 0.6) is 0 Å². The molecule has 1 aromatic carbocycles. The highest BCUT2D eigenvalue weighted by atomic mass is 19.1. The molecule has 1 atom stereocenters. The lowest BCUT2D eigenvalue weighted by Gasteiger charge is -2.31. The molecule has 104 valence electrons. The highest BCUT2D eigenvalue weighted by Crippen LogP contribution is 2.15. The molecule has 1 aliphatic rings. The van der Waals surface area contributed by atoms with Crippen LogP contribution in [0.25, 0.3) is 0 Å². The second-order valence-corrected chi connectivity index (χ2v) is 4.86. The number of halogens is 1. The van der Waals surface area contributed by atoms with Crippen molar-refractivity contribution < 1.29 is 13.9 Å². The molecule has 19 heavy (non-hydrogen) atoms. The minimum absolute atomic E-state index is 0.157. The van der Waals surface area contributed by atoms with E-state index in [1.165, 1.54) is 6.07 Å². The van der Waals surface area contributed by atoms with Gasteiger partial charge >= 0.3 is 0 Å². The molecule has 1 aliphatic heterocycles. The number of hydrogen-bond acceptors (Lipinski definition) is 3. The van der Waals surface area contributed by atoms with Gasteiger partial charge in [0.15, 0.2) is 5.78 Å². The Hall–Kier alpha value is -1.26. The van der Waals surface area contributed by atoms with Gasteiger partial charge in [-0.15, -0.1) is 0 Å². The zero-order valence-electron chi connectivity index (χ0n) is 11.3. The van der Waals surface area contributed by atoms with Crippen LogP contribution in [-0.4, -0.2) is 43.0 Å². The van der Waals surface area contributed by atoms with E-state index in [1.807, 2.05) is 6.92 Å². The topological polar surface area (TPSA) is 29.5 Å². The van der Waals surface area contributed by atoms with Crippen molar-refractivity contribution in [1.29, 1.82) is 0 Å². The molecule has 3 nitrogen and oxygen atoms in total. The summed E-state index contributed by atoms with van der Waals surface area (Å²) in [4.78, 5) is 14.1. The molecule has 1 unspecified atom stereocenters. The van der Waals surface area contributed by atoms with E-state index in [1.54, 1.807) is 18.2 Å². The van der Waals surface area contributed by atoms with Crippen LogP contribution < -0.4 is 0 Å². The third-order valence-corrected chi connectivity index (χ3v) is 3.41. The quantitative estimate of drug-likeness (QED) is 0.766. The Labute approximate surface area is 113 Å². The number of carbonyl (C=O) groups is 1. The molecule has 0 bridgehead atoms. The van der Waals surface area contributed by atoms with Crippen LogP contribution in [0.1, 0.15) is 30.1 Å². The van der Waals surface area contributed by atoms with Gasteiger partial charge in [0.25, 0.3) is 0 Å². The molecule has 0 aromatic heterocycles. The zero-order valence-corrected chi connectivity index (χ0v) is 11.3. The van der Waals surface area contributed by atoms with Crippen LogP contribution in [-0.2, 0) is 4.74 Å². The maximum Gasteiger partial charge on any atom is 0.179 e. The molecule has 0 N–H and O–H groups in total. The third kappa shape index (κ3) is 3.85. The molecular weight excluding hydrogens is 245 g/mol. The zero-order chi connectivity index (χ0) is 13.7. The number of Topliss-reactive ketones (excluding diaryl/α,β-unsaturated/α-hetero) is 1. The van der Waals surface area contributed by atoms with Gasteiger partial charge in [-0.25, -0.2) is 4.39 Å². The predicted molar refractivity (Wildman–Crippen MR) is 71.8 cm³/mol. The van der Waals surface area contributed by atoms with Crippen LogP contribution in [0, 0.1) is 5.82 Å². The monoisotopic (exact) mass is 265 g/mol. The summed E-state index contributed by atoms with van der Waals surface area (Å²) in [5, 5.41) is 0. The number of ketones is 1. The van der Waals surface area contributed by atoms with Crippen LogP contribution in [0.4, 0.5) is 4.39 Å². The fourth-order valence-electron chi connectivity index (χ4n) is 2.50. The Bertz CT molecular complexity index is 434. The van der Waals surface area contributed by atoms with E-state index < -0.39 is 5.82 Å². The number of carbonyl (C=O) groups excluding carboxylic acids is 1. The third-order valence-electron chi connectivity index (χ3n) is 3.41. The summed E-state index contributed by atoms with van der Waals surface area (Å²) >= 11 is 0. The molecule has 1 aromatic rings. The first kappa shape index (κ1) is 14.2. The molecule has 0 radical (unpaired) electrons. The Balaban J connectivity index is 1.93. The first-order valence-corrected chi connectivity index (χ1v) is 6.82. The van der Waals surface area contributed by atoms with Crippen LogP contribution in [0.15, 0.2) is 24.3 Å². The van der Waals surface area contributed by atoms with Crippen molar-refractivity contribution in [2.45, 2.75) is 25.9 Å². The molecular formula is C15H20FNO2. The molecule has 0 saturated carbocycles. The van der Waals surface area contributed by atoms with Crippen LogP contribution in [0.2, 0.25) is 0 Å². The predicted octanol–water partition coefficient (Wildman–Crippen LogP) is 2.51. The number of likely N-dealkylation sites (tertiary alicyclic amines) is 1. The number of nitrogens with zero attached hydrogens (tertiary/aromatic N) is 1. The number of piperidine rings is 1. The lowest BCUT2D eigenvalue weighted by atomic mass is 10.1. The Morgan fingerprint density at radius 2 is 2.26 bits per heavy atom. The second-order valence-electron chi connectivity index (χ2n) is 4.86. The van der Waals surface area contributed by atoms with E-state index in [-0.39, 0.29) is 24.0 Å². The van der Waals surface area contributed by atoms with Crippen LogP contribution >= 0.6 is 0 Å². The molecule has 1 fully saturated rings. The number of rotatable bonds is 5. The van der Waals surface area contributed by atoms with Gasteiger partial charge in [0.1, 0.15) is 5.82 Å². The first-order valence-electron chi connectivity index (χ1n) is 6.82. The average molecular weight is 265 g/mol. The SMILES string of the molecule is CCOC1CCCN(CC(=O)c2ccccc2F)C1. The Kier molecular flexibility index (Phi) is 5.05. The highest BCUT2D eigenvalue weighted by molar-refractivity contribution is 5.97. The molecule has 2 rings (SSSR count). The van der Waals surface area contributed by atoms with E-state index in [9.17, 15) is 9.18 Å². The maximum atomic E-state index is 13.5. The van der Waals surface area contributed by atoms with Gasteiger partial charge in [0.05, 0.1) is 18.2 Å². The smallest absolute Gasteiger partial charge is 0.179 e. The van der Waals surface area contributed by atoms with Gasteiger partial charge in [-0.05, 0) is 38.4 Å². The van der Waals surface area contributed by atoms with E-state index in [4.69, 9.17) is 4.74 Å². The first-order chi connectivity index (χ1) is 9.20. The summed E-state index contributed by atoms with van der Waals surface area (Å²) in [7, 11) is 0. The molecule has 0 aliphatic carbocycles. The summed E-state index contributed by atoms with van der Waals surface area (Å²) in [6.07, 6.45) is 2.26. The summed E-state index contributed by atoms with van der Waals surface area (Å²) in [6.45, 7) is 4.57. The van der Waals surface area contributed by atoms with Crippen molar-refractivity contribution in [2.24, 2.45) is 0 Å². The minimum Gasteiger partial charge on any atom is -0.377 e. The molecule has 1 saturated heterocycles. The summed E-state index contributed by atoms with van der Waals surface area (Å²) in [6, 6.07) is 6.15. The Morgan fingerprint density at radius 1 is 1.47 bits per heavy atom. The highest BCUT2D eigenvalue weighted by Gasteiger charge is 2.22. The normalized spacial score (nSPS) is 20.4. The second kappa shape index (κ2) is 6.78. The van der Waals surface area contributed by atoms with Gasteiger partial charge in [-0.1, -0.05) is 12.1 Å². The summed E-state index contributed by atoms with van der Waals surface area (Å²) in [5.41, 5.74) is 0.182. The largest absolute Gasteiger partial charge is 0.377 e. The molecule has 1 heterocycles. The van der Waals surface area contributed by atoms with E-state index in [2.05, 4.69) is 4.90 Å². The average Bonchev–Trinajstić information content (AvgIpc) is 2.40. The Morgan fingerprint density at radius 3 is 3.00 bits per heavy atom. The number of benzene rings is 1. The fraction of sp³-hybridized carbons (Fsp3) is 0.533. The molecule has 4 heteroatoms. The van der Waals surface area contributed by atoms with Gasteiger partial charge in [0, 0.05) is 13.2 Å². The summed E-state index contributed by atoms with van der Waals surface area (Å²) in [5.74, 6) is -0.596. The van der Waals surface area contributed by atoms with Gasteiger partial charge in [-0.3, -0.25) is 9.69 Å². The summed E-state index contributed by atoms with van der Waals surface area (Å²) < 4.78 is 19.1. The van der Waals surface area contributed by atoms with Crippen molar-refractivity contribution in [3.63, 3.8) is 0 Å². The van der Waals surface area contributed by atoms with Gasteiger partial charge < -0.3 is 4.74 Å². The van der Waals surface area contributed by atoms with E-state index in [0.717, 1.165) is 25.9 Å². The fourth-order valence-corrected chi connectivity index (χ4v) is 2.50. The van der Waals surface area contributed by atoms with Gasteiger partial charge in [-0.2, -0.15) is 0 Å². The lowest BCUT2D eigenvalue weighted by Crippen LogP contribution is -2.42. The number of hydrogen-bond donors (Lipinski definition) is 0. The standard InChI is InChI=1S/C15H20FNO2/c1-2-19-12-6-5-9-17(10-12)11-15(18)13-7-3-4-8-14(13)16/h3-4,7-8,12H,2,5-6,9-11H2,1H3.